The standard InChI is InChI=1S/C23H20N2O2.BrH.H2O/c26-22(18-9-3-1-4-10-18)15-24-17-25(21-14-8-7-13-20(21)24)16-23(27)19-11-5-2-6-12-19;;/h1-14H,15-17H2;1H;1H2. The summed E-state index contributed by atoms with van der Waals surface area (Å²) < 4.78 is 0. The van der Waals surface area contributed by atoms with Gasteiger partial charge in [0.05, 0.1) is 6.54 Å². The summed E-state index contributed by atoms with van der Waals surface area (Å²) in [4.78, 5) is 28.4. The minimum atomic E-state index is 0. The van der Waals surface area contributed by atoms with E-state index in [1.807, 2.05) is 84.9 Å². The molecule has 0 bridgehead atoms. The number of halogens is 1. The van der Waals surface area contributed by atoms with Crippen molar-refractivity contribution < 1.29 is 36.9 Å². The van der Waals surface area contributed by atoms with Gasteiger partial charge in [-0.3, -0.25) is 14.5 Å². The van der Waals surface area contributed by atoms with Crippen molar-refractivity contribution in [3.8, 4) is 0 Å². The molecule has 1 heterocycles. The van der Waals surface area contributed by atoms with E-state index < -0.39 is 0 Å². The van der Waals surface area contributed by atoms with Crippen LogP contribution in [0.2, 0.25) is 0 Å². The maximum Gasteiger partial charge on any atom is 0.217 e. The Balaban J connectivity index is 0.00000150. The highest BCUT2D eigenvalue weighted by molar-refractivity contribution is 6.00. The van der Waals surface area contributed by atoms with E-state index in [1.54, 1.807) is 0 Å². The average molecular weight is 455 g/mol. The van der Waals surface area contributed by atoms with Gasteiger partial charge in [-0.1, -0.05) is 72.8 Å². The summed E-state index contributed by atoms with van der Waals surface area (Å²) in [6.07, 6.45) is 0. The van der Waals surface area contributed by atoms with Gasteiger partial charge in [-0.05, 0) is 6.07 Å². The van der Waals surface area contributed by atoms with Crippen molar-refractivity contribution in [2.45, 2.75) is 0 Å². The van der Waals surface area contributed by atoms with E-state index in [0.29, 0.717) is 25.3 Å². The molecular formula is C23H23BrN2O3. The summed E-state index contributed by atoms with van der Waals surface area (Å²) in [5.74, 6) is 0.192. The molecule has 1 aliphatic heterocycles. The van der Waals surface area contributed by atoms with Crippen LogP contribution < -0.4 is 26.8 Å². The number of hydrogen-bond donors (Lipinski definition) is 1. The second kappa shape index (κ2) is 10.1. The van der Waals surface area contributed by atoms with Crippen LogP contribution in [0.15, 0.2) is 84.9 Å². The number of anilines is 1. The molecule has 1 aliphatic rings. The fourth-order valence-corrected chi connectivity index (χ4v) is 3.55. The van der Waals surface area contributed by atoms with Gasteiger partial charge in [0.1, 0.15) is 12.2 Å². The lowest BCUT2D eigenvalue weighted by Crippen LogP contribution is -3.08. The highest BCUT2D eigenvalue weighted by Gasteiger charge is 2.33. The third kappa shape index (κ3) is 4.98. The molecule has 0 amide bonds. The van der Waals surface area contributed by atoms with Crippen LogP contribution in [0.3, 0.4) is 0 Å². The lowest BCUT2D eigenvalue weighted by Gasteiger charge is -2.16. The molecule has 0 fully saturated rings. The Labute approximate surface area is 180 Å². The van der Waals surface area contributed by atoms with Crippen LogP contribution in [0, 0.1) is 0 Å². The van der Waals surface area contributed by atoms with Gasteiger partial charge in [0.15, 0.2) is 18.1 Å². The second-order valence-electron chi connectivity index (χ2n) is 6.73. The van der Waals surface area contributed by atoms with E-state index in [4.69, 9.17) is 0 Å². The van der Waals surface area contributed by atoms with Gasteiger partial charge in [-0.25, -0.2) is 0 Å². The van der Waals surface area contributed by atoms with E-state index in [2.05, 4.69) is 4.90 Å². The van der Waals surface area contributed by atoms with Crippen LogP contribution in [-0.4, -0.2) is 36.8 Å². The molecule has 0 saturated heterocycles. The van der Waals surface area contributed by atoms with E-state index in [1.165, 1.54) is 0 Å². The van der Waals surface area contributed by atoms with E-state index in [9.17, 15) is 9.59 Å². The van der Waals surface area contributed by atoms with Crippen molar-refractivity contribution in [3.63, 3.8) is 0 Å². The van der Waals surface area contributed by atoms with E-state index in [-0.39, 0.29) is 34.0 Å². The predicted molar refractivity (Wildman–Crippen MR) is 109 cm³/mol. The largest absolute Gasteiger partial charge is 1.00 e. The zero-order chi connectivity index (χ0) is 18.6. The van der Waals surface area contributed by atoms with Gasteiger partial charge in [-0.2, -0.15) is 0 Å². The number of quaternary nitrogens is 1. The predicted octanol–water partition coefficient (Wildman–Crippen LogP) is -1.07. The topological polar surface area (TPSA) is 73.3 Å². The van der Waals surface area contributed by atoms with Crippen LogP contribution in [0.5, 0.6) is 0 Å². The van der Waals surface area contributed by atoms with Crippen molar-refractivity contribution in [2.24, 2.45) is 0 Å². The average Bonchev–Trinajstić information content (AvgIpc) is 3.06. The van der Waals surface area contributed by atoms with Gasteiger partial charge in [-0.15, -0.1) is 0 Å². The van der Waals surface area contributed by atoms with Crippen molar-refractivity contribution in [2.75, 3.05) is 24.7 Å². The molecule has 0 radical (unpaired) electrons. The lowest BCUT2D eigenvalue weighted by molar-refractivity contribution is -0.815. The maximum atomic E-state index is 12.7. The molecule has 1 unspecified atom stereocenters. The molecule has 3 aromatic carbocycles. The lowest BCUT2D eigenvalue weighted by atomic mass is 10.1. The number of nitrogens with zero attached hydrogens (tertiary/aromatic N) is 1. The molecule has 5 nitrogen and oxygen atoms in total. The monoisotopic (exact) mass is 454 g/mol. The van der Waals surface area contributed by atoms with Crippen molar-refractivity contribution in [1.82, 2.24) is 0 Å². The zero-order valence-corrected chi connectivity index (χ0v) is 17.4. The van der Waals surface area contributed by atoms with Gasteiger partial charge < -0.3 is 27.4 Å². The van der Waals surface area contributed by atoms with E-state index in [0.717, 1.165) is 21.8 Å². The van der Waals surface area contributed by atoms with Crippen molar-refractivity contribution >= 4 is 22.9 Å². The normalized spacial score (nSPS) is 14.3. The molecule has 3 N–H and O–H groups in total. The van der Waals surface area contributed by atoms with Crippen molar-refractivity contribution in [1.29, 1.82) is 0 Å². The minimum absolute atomic E-state index is 0. The zero-order valence-electron chi connectivity index (χ0n) is 15.8. The first kappa shape index (κ1) is 22.5. The number of benzene rings is 3. The summed E-state index contributed by atoms with van der Waals surface area (Å²) in [7, 11) is 0. The van der Waals surface area contributed by atoms with Crippen LogP contribution in [-0.2, 0) is 0 Å². The summed E-state index contributed by atoms with van der Waals surface area (Å²) in [6, 6.07) is 26.7. The van der Waals surface area contributed by atoms with Crippen molar-refractivity contribution in [3.05, 3.63) is 96.1 Å². The second-order valence-corrected chi connectivity index (χ2v) is 6.73. The number of fused-ring (bicyclic) bond motifs is 1. The molecule has 0 aliphatic carbocycles. The highest BCUT2D eigenvalue weighted by atomic mass is 79.9. The van der Waals surface area contributed by atoms with E-state index >= 15 is 0 Å². The Kier molecular flexibility index (Phi) is 7.84. The Morgan fingerprint density at radius 1 is 0.759 bits per heavy atom. The highest BCUT2D eigenvalue weighted by Crippen LogP contribution is 2.26. The number of carbonyl (C=O) groups excluding carboxylic acids is 2. The van der Waals surface area contributed by atoms with Crippen LogP contribution in [0.25, 0.3) is 0 Å². The molecule has 29 heavy (non-hydrogen) atoms. The minimum Gasteiger partial charge on any atom is -1.00 e. The third-order valence-electron chi connectivity index (χ3n) is 4.91. The summed E-state index contributed by atoms with van der Waals surface area (Å²) >= 11 is 0. The number of hydrogen-bond acceptors (Lipinski definition) is 3. The molecule has 1 atom stereocenters. The molecule has 3 aromatic rings. The van der Waals surface area contributed by atoms with Crippen LogP contribution >= 0.6 is 0 Å². The quantitative estimate of drug-likeness (QED) is 0.481. The summed E-state index contributed by atoms with van der Waals surface area (Å²) in [5.41, 5.74) is 3.53. The summed E-state index contributed by atoms with van der Waals surface area (Å²) in [5, 5.41) is 0. The van der Waals surface area contributed by atoms with Gasteiger partial charge in [0.25, 0.3) is 0 Å². The first-order valence-corrected chi connectivity index (χ1v) is 9.08. The molecular weight excluding hydrogens is 432 g/mol. The first-order chi connectivity index (χ1) is 13.2. The molecule has 6 heteroatoms. The smallest absolute Gasteiger partial charge is 0.217 e. The fraction of sp³-hybridized carbons (Fsp3) is 0.130. The number of carbonyl (C=O) groups is 2. The van der Waals surface area contributed by atoms with Crippen LogP contribution in [0.1, 0.15) is 20.7 Å². The Bertz CT molecular complexity index is 886. The maximum absolute atomic E-state index is 12.7. The SMILES string of the molecule is O.O=C(CN1C[NH+](CC(=O)c2ccccc2)c2ccccc21)c1ccccc1.[Br-]. The fourth-order valence-electron chi connectivity index (χ4n) is 3.55. The molecule has 4 rings (SSSR count). The number of ketones is 2. The number of para-hydroxylation sites is 2. The molecule has 0 aromatic heterocycles. The van der Waals surface area contributed by atoms with Gasteiger partial charge >= 0.3 is 0 Å². The number of rotatable bonds is 6. The number of nitrogens with one attached hydrogen (secondary N) is 1. The van der Waals surface area contributed by atoms with Gasteiger partial charge in [0, 0.05) is 17.2 Å². The molecule has 0 saturated carbocycles. The first-order valence-electron chi connectivity index (χ1n) is 9.08. The summed E-state index contributed by atoms with van der Waals surface area (Å²) in [6.45, 7) is 1.29. The third-order valence-corrected chi connectivity index (χ3v) is 4.91. The Morgan fingerprint density at radius 2 is 1.28 bits per heavy atom. The molecule has 0 spiro atoms. The Hall–Kier alpha value is -2.80. The number of Topliss-reactive ketones (excluding diaryl/α,β-unsaturated/α-hetero) is 2. The molecule has 150 valence electrons. The Morgan fingerprint density at radius 3 is 1.90 bits per heavy atom. The van der Waals surface area contributed by atoms with Gasteiger partial charge in [0.2, 0.25) is 5.78 Å². The van der Waals surface area contributed by atoms with Crippen LogP contribution in [0.4, 0.5) is 11.4 Å².